The number of aryl methyl sites for hydroxylation is 2. The Hall–Kier alpha value is -2.04. The lowest BCUT2D eigenvalue weighted by molar-refractivity contribution is 0.791. The van der Waals surface area contributed by atoms with E-state index in [0.29, 0.717) is 5.69 Å². The molecule has 84 valence electrons. The van der Waals surface area contributed by atoms with Crippen LogP contribution in [0.2, 0.25) is 0 Å². The fourth-order valence-electron chi connectivity index (χ4n) is 1.58. The van der Waals surface area contributed by atoms with Gasteiger partial charge in [0.25, 0.3) is 0 Å². The Labute approximate surface area is 91.9 Å². The lowest BCUT2D eigenvalue weighted by Crippen LogP contribution is -2.25. The van der Waals surface area contributed by atoms with E-state index in [1.807, 2.05) is 32.0 Å². The summed E-state index contributed by atoms with van der Waals surface area (Å²) in [4.78, 5) is 23.1. The molecule has 0 amide bonds. The number of hydrogen-bond acceptors (Lipinski definition) is 2. The van der Waals surface area contributed by atoms with Crippen LogP contribution >= 0.6 is 0 Å². The highest BCUT2D eigenvalue weighted by atomic mass is 16.2. The Kier molecular flexibility index (Phi) is 2.30. The highest BCUT2D eigenvalue weighted by Gasteiger charge is 2.09. The van der Waals surface area contributed by atoms with Gasteiger partial charge in [0.15, 0.2) is 0 Å². The van der Waals surface area contributed by atoms with Gasteiger partial charge in [0, 0.05) is 7.05 Å². The van der Waals surface area contributed by atoms with E-state index in [-0.39, 0.29) is 5.69 Å². The minimum absolute atomic E-state index is 0.362. The van der Waals surface area contributed by atoms with Crippen molar-refractivity contribution in [1.82, 2.24) is 14.3 Å². The molecule has 1 heterocycles. The van der Waals surface area contributed by atoms with Gasteiger partial charge in [-0.3, -0.25) is 0 Å². The summed E-state index contributed by atoms with van der Waals surface area (Å²) in [5.74, 6) is 0. The van der Waals surface area contributed by atoms with Gasteiger partial charge in [0.05, 0.1) is 5.69 Å². The number of aromatic amines is 1. The van der Waals surface area contributed by atoms with E-state index in [0.717, 1.165) is 15.7 Å². The normalized spacial score (nSPS) is 10.7. The quantitative estimate of drug-likeness (QED) is 0.758. The van der Waals surface area contributed by atoms with E-state index in [2.05, 4.69) is 5.10 Å². The van der Waals surface area contributed by atoms with Crippen LogP contribution in [0.1, 0.15) is 11.1 Å². The van der Waals surface area contributed by atoms with Crippen LogP contribution in [0, 0.1) is 13.8 Å². The minimum atomic E-state index is -0.411. The van der Waals surface area contributed by atoms with Gasteiger partial charge in [0.1, 0.15) is 0 Å². The molecule has 5 nitrogen and oxygen atoms in total. The third kappa shape index (κ3) is 1.50. The monoisotopic (exact) mass is 219 g/mol. The Bertz CT molecular complexity index is 646. The molecular formula is C11H13N3O2. The van der Waals surface area contributed by atoms with Gasteiger partial charge >= 0.3 is 11.4 Å². The average molecular weight is 219 g/mol. The lowest BCUT2D eigenvalue weighted by Gasteiger charge is -2.05. The number of nitrogens with one attached hydrogen (secondary N) is 1. The fourth-order valence-corrected chi connectivity index (χ4v) is 1.58. The molecule has 5 heteroatoms. The smallest absolute Gasteiger partial charge is 0.246 e. The highest BCUT2D eigenvalue weighted by Crippen LogP contribution is 2.12. The van der Waals surface area contributed by atoms with Crippen molar-refractivity contribution < 1.29 is 0 Å². The first kappa shape index (κ1) is 10.5. The molecule has 0 saturated heterocycles. The average Bonchev–Trinajstić information content (AvgIpc) is 2.50. The van der Waals surface area contributed by atoms with Crippen LogP contribution in [-0.4, -0.2) is 14.3 Å². The number of hydrogen-bond donors (Lipinski definition) is 1. The van der Waals surface area contributed by atoms with Gasteiger partial charge < -0.3 is 0 Å². The van der Waals surface area contributed by atoms with E-state index >= 15 is 0 Å². The van der Waals surface area contributed by atoms with Gasteiger partial charge in [-0.25, -0.2) is 23.9 Å². The molecule has 16 heavy (non-hydrogen) atoms. The summed E-state index contributed by atoms with van der Waals surface area (Å²) in [7, 11) is 1.45. The first-order valence-corrected chi connectivity index (χ1v) is 4.96. The molecule has 1 N–H and O–H groups in total. The summed E-state index contributed by atoms with van der Waals surface area (Å²) in [6, 6.07) is 5.75. The molecule has 0 unspecified atom stereocenters. The second-order valence-corrected chi connectivity index (χ2v) is 3.88. The largest absolute Gasteiger partial charge is 0.351 e. The summed E-state index contributed by atoms with van der Waals surface area (Å²) in [6.45, 7) is 3.83. The van der Waals surface area contributed by atoms with Crippen LogP contribution in [0.25, 0.3) is 5.69 Å². The van der Waals surface area contributed by atoms with Gasteiger partial charge in [0.2, 0.25) is 0 Å². The zero-order chi connectivity index (χ0) is 11.9. The number of rotatable bonds is 1. The zero-order valence-corrected chi connectivity index (χ0v) is 9.44. The molecule has 2 rings (SSSR count). The fraction of sp³-hybridized carbons (Fsp3) is 0.273. The lowest BCUT2D eigenvalue weighted by atomic mass is 10.1. The van der Waals surface area contributed by atoms with Gasteiger partial charge in [-0.1, -0.05) is 12.1 Å². The summed E-state index contributed by atoms with van der Waals surface area (Å²) in [6.07, 6.45) is 0. The molecule has 2 aromatic rings. The maximum atomic E-state index is 11.7. The predicted molar refractivity (Wildman–Crippen MR) is 61.1 cm³/mol. The summed E-state index contributed by atoms with van der Waals surface area (Å²) >= 11 is 0. The molecule has 1 aromatic heterocycles. The second-order valence-electron chi connectivity index (χ2n) is 3.88. The molecule has 0 aliphatic carbocycles. The third-order valence-corrected chi connectivity index (χ3v) is 2.60. The van der Waals surface area contributed by atoms with Crippen LogP contribution in [0.3, 0.4) is 0 Å². The van der Waals surface area contributed by atoms with Crippen molar-refractivity contribution in [2.45, 2.75) is 13.8 Å². The number of aromatic nitrogens is 3. The topological polar surface area (TPSA) is 59.8 Å². The minimum Gasteiger partial charge on any atom is -0.246 e. The van der Waals surface area contributed by atoms with Gasteiger partial charge in [-0.2, -0.15) is 0 Å². The molecule has 0 spiro atoms. The van der Waals surface area contributed by atoms with E-state index in [4.69, 9.17) is 0 Å². The highest BCUT2D eigenvalue weighted by molar-refractivity contribution is 5.41. The summed E-state index contributed by atoms with van der Waals surface area (Å²) in [5.41, 5.74) is 1.92. The van der Waals surface area contributed by atoms with Crippen LogP contribution < -0.4 is 11.4 Å². The number of nitrogens with zero attached hydrogens (tertiary/aromatic N) is 2. The van der Waals surface area contributed by atoms with E-state index in [1.54, 1.807) is 0 Å². The molecule has 0 fully saturated rings. The Morgan fingerprint density at radius 2 is 1.88 bits per heavy atom. The van der Waals surface area contributed by atoms with Crippen LogP contribution in [0.4, 0.5) is 0 Å². The standard InChI is InChI=1S/C11H13N3O2/c1-7-4-5-8(2)9(6-7)14-11(16)13(3)10(15)12-14/h4-6H,1-3H3,(H,12,15). The van der Waals surface area contributed by atoms with Crippen molar-refractivity contribution in [3.63, 3.8) is 0 Å². The van der Waals surface area contributed by atoms with Crippen molar-refractivity contribution in [2.24, 2.45) is 7.05 Å². The van der Waals surface area contributed by atoms with Crippen molar-refractivity contribution in [3.05, 3.63) is 50.3 Å². The molecule has 0 aliphatic rings. The summed E-state index contributed by atoms with van der Waals surface area (Å²) < 4.78 is 2.31. The van der Waals surface area contributed by atoms with Crippen LogP contribution in [0.5, 0.6) is 0 Å². The van der Waals surface area contributed by atoms with Crippen molar-refractivity contribution >= 4 is 0 Å². The van der Waals surface area contributed by atoms with E-state index in [1.165, 1.54) is 11.7 Å². The molecule has 0 aliphatic heterocycles. The van der Waals surface area contributed by atoms with Crippen molar-refractivity contribution in [1.29, 1.82) is 0 Å². The SMILES string of the molecule is Cc1ccc(C)c(-n2[nH]c(=O)n(C)c2=O)c1. The molecule has 0 atom stereocenters. The van der Waals surface area contributed by atoms with Crippen LogP contribution in [-0.2, 0) is 7.05 Å². The van der Waals surface area contributed by atoms with Crippen molar-refractivity contribution in [3.8, 4) is 5.69 Å². The first-order valence-electron chi connectivity index (χ1n) is 4.96. The Morgan fingerprint density at radius 3 is 2.44 bits per heavy atom. The molecule has 1 aromatic carbocycles. The van der Waals surface area contributed by atoms with Crippen molar-refractivity contribution in [2.75, 3.05) is 0 Å². The molecular weight excluding hydrogens is 206 g/mol. The predicted octanol–water partition coefficient (Wildman–Crippen LogP) is 0.481. The van der Waals surface area contributed by atoms with Crippen LogP contribution in [0.15, 0.2) is 27.8 Å². The van der Waals surface area contributed by atoms with E-state index < -0.39 is 5.69 Å². The first-order chi connectivity index (χ1) is 7.50. The maximum absolute atomic E-state index is 11.7. The number of benzene rings is 1. The second kappa shape index (κ2) is 3.52. The Morgan fingerprint density at radius 1 is 1.19 bits per heavy atom. The maximum Gasteiger partial charge on any atom is 0.351 e. The molecule has 0 bridgehead atoms. The molecule has 0 saturated carbocycles. The summed E-state index contributed by atoms with van der Waals surface area (Å²) in [5, 5.41) is 2.51. The van der Waals surface area contributed by atoms with E-state index in [9.17, 15) is 9.59 Å². The Balaban J connectivity index is 2.77. The van der Waals surface area contributed by atoms with Gasteiger partial charge in [-0.15, -0.1) is 0 Å². The number of H-pyrrole nitrogens is 1. The van der Waals surface area contributed by atoms with Gasteiger partial charge in [-0.05, 0) is 31.0 Å². The third-order valence-electron chi connectivity index (χ3n) is 2.60. The zero-order valence-electron chi connectivity index (χ0n) is 9.44. The molecule has 0 radical (unpaired) electrons.